The van der Waals surface area contributed by atoms with Gasteiger partial charge in [0.2, 0.25) is 0 Å². The Bertz CT molecular complexity index is 406. The van der Waals surface area contributed by atoms with Crippen LogP contribution in [-0.2, 0) is 4.74 Å². The molecule has 2 atom stereocenters. The van der Waals surface area contributed by atoms with Crippen molar-refractivity contribution in [2.45, 2.75) is 57.1 Å². The van der Waals surface area contributed by atoms with Gasteiger partial charge in [0.1, 0.15) is 5.76 Å². The van der Waals surface area contributed by atoms with Crippen LogP contribution >= 0.6 is 0 Å². The number of rotatable bonds is 2. The predicted octanol–water partition coefficient (Wildman–Crippen LogP) is 3.33. The molecule has 1 aliphatic carbocycles. The van der Waals surface area contributed by atoms with Crippen LogP contribution in [-0.4, -0.2) is 12.2 Å². The molecule has 2 N–H and O–H groups in total. The van der Waals surface area contributed by atoms with Crippen LogP contribution in [0.2, 0.25) is 0 Å². The van der Waals surface area contributed by atoms with Gasteiger partial charge >= 0.3 is 0 Å². The Morgan fingerprint density at radius 3 is 2.83 bits per heavy atom. The number of furan rings is 1. The fraction of sp³-hybridized carbons (Fsp3) is 0.733. The summed E-state index contributed by atoms with van der Waals surface area (Å²) in [5.74, 6) is 1.50. The highest BCUT2D eigenvalue weighted by atomic mass is 16.5. The first-order valence-corrected chi connectivity index (χ1v) is 7.14. The maximum absolute atomic E-state index is 6.45. The van der Waals surface area contributed by atoms with E-state index >= 15 is 0 Å². The minimum atomic E-state index is 0.102. The van der Waals surface area contributed by atoms with E-state index < -0.39 is 0 Å². The first-order chi connectivity index (χ1) is 8.70. The standard InChI is InChI=1S/C15H23NO2/c1-11-13(5-8-17-11)14(16)12-4-9-18-15(10-12)6-2-3-7-15/h5,8,12,14H,2-4,6-7,9-10,16H2,1H3. The normalized spacial score (nSPS) is 28.7. The van der Waals surface area contributed by atoms with Crippen molar-refractivity contribution in [3.8, 4) is 0 Å². The molecule has 0 bridgehead atoms. The summed E-state index contributed by atoms with van der Waals surface area (Å²) < 4.78 is 11.5. The summed E-state index contributed by atoms with van der Waals surface area (Å²) in [7, 11) is 0. The van der Waals surface area contributed by atoms with Gasteiger partial charge < -0.3 is 14.9 Å². The molecule has 3 heteroatoms. The third-order valence-electron chi connectivity index (χ3n) is 4.81. The van der Waals surface area contributed by atoms with Crippen molar-refractivity contribution >= 4 is 0 Å². The lowest BCUT2D eigenvalue weighted by Crippen LogP contribution is -2.40. The predicted molar refractivity (Wildman–Crippen MR) is 70.2 cm³/mol. The second-order valence-corrected chi connectivity index (χ2v) is 5.95. The van der Waals surface area contributed by atoms with Gasteiger partial charge in [-0.25, -0.2) is 0 Å². The molecule has 1 aromatic heterocycles. The molecule has 2 heterocycles. The summed E-state index contributed by atoms with van der Waals surface area (Å²) in [4.78, 5) is 0. The van der Waals surface area contributed by atoms with E-state index in [0.717, 1.165) is 25.2 Å². The van der Waals surface area contributed by atoms with Crippen LogP contribution in [0.1, 0.15) is 55.9 Å². The van der Waals surface area contributed by atoms with E-state index in [4.69, 9.17) is 14.9 Å². The lowest BCUT2D eigenvalue weighted by Gasteiger charge is -2.40. The second kappa shape index (κ2) is 4.71. The monoisotopic (exact) mass is 249 g/mol. The average Bonchev–Trinajstić information content (AvgIpc) is 2.98. The van der Waals surface area contributed by atoms with E-state index in [9.17, 15) is 0 Å². The van der Waals surface area contributed by atoms with Gasteiger partial charge in [-0.05, 0) is 44.6 Å². The molecule has 2 unspecified atom stereocenters. The fourth-order valence-corrected chi connectivity index (χ4v) is 3.73. The summed E-state index contributed by atoms with van der Waals surface area (Å²) in [5.41, 5.74) is 7.78. The van der Waals surface area contributed by atoms with Crippen LogP contribution in [0.15, 0.2) is 16.7 Å². The summed E-state index contributed by atoms with van der Waals surface area (Å²) in [6.07, 6.45) is 9.02. The lowest BCUT2D eigenvalue weighted by molar-refractivity contribution is -0.0964. The molecule has 1 saturated carbocycles. The molecule has 2 fully saturated rings. The topological polar surface area (TPSA) is 48.4 Å². The Kier molecular flexibility index (Phi) is 3.20. The largest absolute Gasteiger partial charge is 0.469 e. The van der Waals surface area contributed by atoms with Crippen LogP contribution < -0.4 is 5.73 Å². The zero-order chi connectivity index (χ0) is 12.6. The Hall–Kier alpha value is -0.800. The minimum absolute atomic E-state index is 0.102. The van der Waals surface area contributed by atoms with E-state index in [0.29, 0.717) is 5.92 Å². The first kappa shape index (κ1) is 12.2. The van der Waals surface area contributed by atoms with Crippen molar-refractivity contribution in [3.63, 3.8) is 0 Å². The molecule has 1 saturated heterocycles. The molecule has 3 nitrogen and oxygen atoms in total. The number of ether oxygens (including phenoxy) is 1. The summed E-state index contributed by atoms with van der Waals surface area (Å²) in [5, 5.41) is 0. The summed E-state index contributed by atoms with van der Waals surface area (Å²) in [6, 6.07) is 2.13. The van der Waals surface area contributed by atoms with Crippen LogP contribution in [0, 0.1) is 12.8 Å². The van der Waals surface area contributed by atoms with Gasteiger partial charge in [-0.2, -0.15) is 0 Å². The molecule has 0 amide bonds. The van der Waals surface area contributed by atoms with Crippen molar-refractivity contribution in [3.05, 3.63) is 23.7 Å². The van der Waals surface area contributed by atoms with Crippen LogP contribution in [0.5, 0.6) is 0 Å². The molecule has 3 rings (SSSR count). The van der Waals surface area contributed by atoms with E-state index in [1.165, 1.54) is 31.2 Å². The molecule has 18 heavy (non-hydrogen) atoms. The Morgan fingerprint density at radius 2 is 2.17 bits per heavy atom. The minimum Gasteiger partial charge on any atom is -0.469 e. The Balaban J connectivity index is 1.74. The fourth-order valence-electron chi connectivity index (χ4n) is 3.73. The van der Waals surface area contributed by atoms with Gasteiger partial charge in [-0.3, -0.25) is 0 Å². The van der Waals surface area contributed by atoms with Crippen molar-refractivity contribution < 1.29 is 9.15 Å². The molecular formula is C15H23NO2. The zero-order valence-corrected chi connectivity index (χ0v) is 11.2. The Labute approximate surface area is 109 Å². The first-order valence-electron chi connectivity index (χ1n) is 7.14. The molecule has 100 valence electrons. The number of hydrogen-bond acceptors (Lipinski definition) is 3. The van der Waals surface area contributed by atoms with Gasteiger partial charge in [0.15, 0.2) is 0 Å². The molecule has 0 radical (unpaired) electrons. The van der Waals surface area contributed by atoms with E-state index in [1.807, 2.05) is 13.0 Å². The molecule has 1 aliphatic heterocycles. The van der Waals surface area contributed by atoms with Crippen LogP contribution in [0.25, 0.3) is 0 Å². The van der Waals surface area contributed by atoms with E-state index in [2.05, 4.69) is 0 Å². The van der Waals surface area contributed by atoms with Crippen molar-refractivity contribution in [1.29, 1.82) is 0 Å². The number of nitrogens with two attached hydrogens (primary N) is 1. The molecular weight excluding hydrogens is 226 g/mol. The summed E-state index contributed by atoms with van der Waals surface area (Å²) >= 11 is 0. The highest BCUT2D eigenvalue weighted by Crippen LogP contribution is 2.45. The van der Waals surface area contributed by atoms with Gasteiger partial charge in [0, 0.05) is 18.2 Å². The van der Waals surface area contributed by atoms with Gasteiger partial charge in [0.05, 0.1) is 11.9 Å². The van der Waals surface area contributed by atoms with Gasteiger partial charge in [0.25, 0.3) is 0 Å². The van der Waals surface area contributed by atoms with E-state index in [-0.39, 0.29) is 11.6 Å². The van der Waals surface area contributed by atoms with Crippen molar-refractivity contribution in [1.82, 2.24) is 0 Å². The van der Waals surface area contributed by atoms with Crippen LogP contribution in [0.4, 0.5) is 0 Å². The molecule has 2 aliphatic rings. The number of aryl methyl sites for hydroxylation is 1. The third kappa shape index (κ3) is 2.10. The highest BCUT2D eigenvalue weighted by molar-refractivity contribution is 5.21. The number of hydrogen-bond donors (Lipinski definition) is 1. The van der Waals surface area contributed by atoms with Crippen molar-refractivity contribution in [2.75, 3.05) is 6.61 Å². The maximum atomic E-state index is 6.45. The third-order valence-corrected chi connectivity index (χ3v) is 4.81. The van der Waals surface area contributed by atoms with E-state index in [1.54, 1.807) is 6.26 Å². The maximum Gasteiger partial charge on any atom is 0.105 e. The molecule has 1 aromatic rings. The SMILES string of the molecule is Cc1occc1C(N)C1CCOC2(CCCC2)C1. The zero-order valence-electron chi connectivity index (χ0n) is 11.2. The lowest BCUT2D eigenvalue weighted by atomic mass is 9.79. The smallest absolute Gasteiger partial charge is 0.105 e. The average molecular weight is 249 g/mol. The molecule has 0 aromatic carbocycles. The molecule has 1 spiro atoms. The van der Waals surface area contributed by atoms with Gasteiger partial charge in [-0.15, -0.1) is 0 Å². The summed E-state index contributed by atoms with van der Waals surface area (Å²) in [6.45, 7) is 2.87. The van der Waals surface area contributed by atoms with Crippen LogP contribution in [0.3, 0.4) is 0 Å². The van der Waals surface area contributed by atoms with Crippen molar-refractivity contribution in [2.24, 2.45) is 11.7 Å². The highest BCUT2D eigenvalue weighted by Gasteiger charge is 2.41. The Morgan fingerprint density at radius 1 is 1.39 bits per heavy atom. The second-order valence-electron chi connectivity index (χ2n) is 5.95. The van der Waals surface area contributed by atoms with Gasteiger partial charge in [-0.1, -0.05) is 12.8 Å². The quantitative estimate of drug-likeness (QED) is 0.874.